The smallest absolute Gasteiger partial charge is 0.340 e. The van der Waals surface area contributed by atoms with Crippen LogP contribution in [0.1, 0.15) is 21.5 Å². The predicted octanol–water partition coefficient (Wildman–Crippen LogP) is 3.95. The van der Waals surface area contributed by atoms with Crippen molar-refractivity contribution in [1.82, 2.24) is 0 Å². The highest BCUT2D eigenvalue weighted by Gasteiger charge is 2.30. The number of anilines is 2. The standard InChI is InChI=1S/C27H30N2O8S/c1-17-7-10-19(11-8-17)38(32,33)29(22-13-18(2)9-12-23(22)34-3)16-26(30)28-21-15-25(36-5)24(35-4)14-20(21)27(31)37-6/h7-15H,16H2,1-6H3,(H,28,30). The molecule has 0 spiro atoms. The third-order valence-corrected chi connectivity index (χ3v) is 7.48. The second-order valence-electron chi connectivity index (χ2n) is 8.29. The molecule has 10 nitrogen and oxygen atoms in total. The van der Waals surface area contributed by atoms with Gasteiger partial charge in [-0.2, -0.15) is 0 Å². The van der Waals surface area contributed by atoms with Gasteiger partial charge in [-0.05, 0) is 43.7 Å². The molecule has 0 unspecified atom stereocenters. The second-order valence-corrected chi connectivity index (χ2v) is 10.2. The van der Waals surface area contributed by atoms with Gasteiger partial charge in [0.2, 0.25) is 5.91 Å². The molecule has 0 saturated carbocycles. The number of ether oxygens (including phenoxy) is 4. The van der Waals surface area contributed by atoms with Gasteiger partial charge in [0.05, 0.1) is 50.3 Å². The van der Waals surface area contributed by atoms with E-state index >= 15 is 0 Å². The van der Waals surface area contributed by atoms with Crippen LogP contribution in [0, 0.1) is 13.8 Å². The van der Waals surface area contributed by atoms with Gasteiger partial charge >= 0.3 is 5.97 Å². The van der Waals surface area contributed by atoms with E-state index in [9.17, 15) is 18.0 Å². The molecule has 0 radical (unpaired) electrons. The molecule has 0 aliphatic rings. The van der Waals surface area contributed by atoms with Crippen LogP contribution in [0.5, 0.6) is 17.2 Å². The lowest BCUT2D eigenvalue weighted by atomic mass is 10.1. The molecular formula is C27H30N2O8S. The van der Waals surface area contributed by atoms with Gasteiger partial charge < -0.3 is 24.3 Å². The van der Waals surface area contributed by atoms with Gasteiger partial charge in [0.15, 0.2) is 11.5 Å². The van der Waals surface area contributed by atoms with Crippen molar-refractivity contribution in [2.24, 2.45) is 0 Å². The van der Waals surface area contributed by atoms with E-state index in [-0.39, 0.29) is 39.1 Å². The van der Waals surface area contributed by atoms with Crippen molar-refractivity contribution in [3.8, 4) is 17.2 Å². The summed E-state index contributed by atoms with van der Waals surface area (Å²) in [6.45, 7) is 3.02. The van der Waals surface area contributed by atoms with E-state index < -0.39 is 28.4 Å². The number of carbonyl (C=O) groups excluding carboxylic acids is 2. The number of methoxy groups -OCH3 is 4. The minimum absolute atomic E-state index is 0.000391. The summed E-state index contributed by atoms with van der Waals surface area (Å²) in [5, 5.41) is 2.61. The van der Waals surface area contributed by atoms with Crippen molar-refractivity contribution in [3.63, 3.8) is 0 Å². The van der Waals surface area contributed by atoms with Crippen molar-refractivity contribution in [3.05, 3.63) is 71.3 Å². The second kappa shape index (κ2) is 11.9. The van der Waals surface area contributed by atoms with Gasteiger partial charge in [-0.15, -0.1) is 0 Å². The average Bonchev–Trinajstić information content (AvgIpc) is 2.91. The van der Waals surface area contributed by atoms with Crippen molar-refractivity contribution in [2.75, 3.05) is 44.6 Å². The SMILES string of the molecule is COC(=O)c1cc(OC)c(OC)cc1NC(=O)CN(c1cc(C)ccc1OC)S(=O)(=O)c1ccc(C)cc1. The van der Waals surface area contributed by atoms with Gasteiger partial charge in [-0.3, -0.25) is 9.10 Å². The molecule has 0 bridgehead atoms. The van der Waals surface area contributed by atoms with E-state index in [0.29, 0.717) is 0 Å². The maximum atomic E-state index is 13.8. The van der Waals surface area contributed by atoms with E-state index in [1.165, 1.54) is 52.7 Å². The van der Waals surface area contributed by atoms with Crippen LogP contribution in [-0.4, -0.2) is 55.3 Å². The molecule has 0 fully saturated rings. The van der Waals surface area contributed by atoms with Crippen LogP contribution in [-0.2, 0) is 19.6 Å². The highest BCUT2D eigenvalue weighted by Crippen LogP contribution is 2.35. The number of hydrogen-bond acceptors (Lipinski definition) is 8. The summed E-state index contributed by atoms with van der Waals surface area (Å²) in [4.78, 5) is 25.8. The molecule has 3 aromatic rings. The highest BCUT2D eigenvalue weighted by molar-refractivity contribution is 7.92. The fourth-order valence-corrected chi connectivity index (χ4v) is 5.14. The number of esters is 1. The lowest BCUT2D eigenvalue weighted by molar-refractivity contribution is -0.114. The molecule has 202 valence electrons. The minimum Gasteiger partial charge on any atom is -0.495 e. The summed E-state index contributed by atoms with van der Waals surface area (Å²) in [5.41, 5.74) is 1.88. The molecule has 0 aliphatic heterocycles. The van der Waals surface area contributed by atoms with E-state index in [4.69, 9.17) is 18.9 Å². The molecule has 38 heavy (non-hydrogen) atoms. The lowest BCUT2D eigenvalue weighted by Crippen LogP contribution is -2.38. The predicted molar refractivity (Wildman–Crippen MR) is 143 cm³/mol. The number of amides is 1. The first-order chi connectivity index (χ1) is 18.0. The number of nitrogens with one attached hydrogen (secondary N) is 1. The van der Waals surface area contributed by atoms with E-state index in [1.807, 2.05) is 6.92 Å². The number of hydrogen-bond donors (Lipinski definition) is 1. The number of rotatable bonds is 10. The molecule has 0 heterocycles. The van der Waals surface area contributed by atoms with Crippen LogP contribution in [0.25, 0.3) is 0 Å². The highest BCUT2D eigenvalue weighted by atomic mass is 32.2. The summed E-state index contributed by atoms with van der Waals surface area (Å²) < 4.78 is 49.4. The molecule has 3 rings (SSSR count). The Hall–Kier alpha value is -4.25. The van der Waals surface area contributed by atoms with Crippen LogP contribution >= 0.6 is 0 Å². The average molecular weight is 543 g/mol. The maximum absolute atomic E-state index is 13.8. The number of carbonyl (C=O) groups is 2. The summed E-state index contributed by atoms with van der Waals surface area (Å²) >= 11 is 0. The van der Waals surface area contributed by atoms with E-state index in [1.54, 1.807) is 37.3 Å². The summed E-state index contributed by atoms with van der Waals surface area (Å²) in [6.07, 6.45) is 0. The van der Waals surface area contributed by atoms with Crippen molar-refractivity contribution < 1.29 is 37.0 Å². The molecule has 0 saturated heterocycles. The Kier molecular flexibility index (Phi) is 8.84. The molecule has 0 aromatic heterocycles. The topological polar surface area (TPSA) is 120 Å². The molecule has 0 atom stereocenters. The third-order valence-electron chi connectivity index (χ3n) is 5.70. The zero-order chi connectivity index (χ0) is 28.0. The lowest BCUT2D eigenvalue weighted by Gasteiger charge is -2.26. The fraction of sp³-hybridized carbons (Fsp3) is 0.259. The molecule has 0 aliphatic carbocycles. The van der Waals surface area contributed by atoms with Crippen LogP contribution in [0.15, 0.2) is 59.5 Å². The first kappa shape index (κ1) is 28.3. The number of nitrogens with zero attached hydrogens (tertiary/aromatic N) is 1. The summed E-state index contributed by atoms with van der Waals surface area (Å²) in [7, 11) is 1.21. The monoisotopic (exact) mass is 542 g/mol. The summed E-state index contributed by atoms with van der Waals surface area (Å²) in [5.74, 6) is -0.688. The zero-order valence-electron chi connectivity index (χ0n) is 22.0. The quantitative estimate of drug-likeness (QED) is 0.383. The molecule has 3 aromatic carbocycles. The van der Waals surface area contributed by atoms with Crippen LogP contribution < -0.4 is 23.8 Å². The van der Waals surface area contributed by atoms with Crippen LogP contribution in [0.2, 0.25) is 0 Å². The Morgan fingerprint density at radius 1 is 0.789 bits per heavy atom. The number of aryl methyl sites for hydroxylation is 2. The van der Waals surface area contributed by atoms with Gasteiger partial charge in [0.1, 0.15) is 12.3 Å². The number of benzene rings is 3. The maximum Gasteiger partial charge on any atom is 0.340 e. The van der Waals surface area contributed by atoms with Crippen LogP contribution in [0.3, 0.4) is 0 Å². The molecule has 11 heteroatoms. The Morgan fingerprint density at radius 2 is 1.37 bits per heavy atom. The fourth-order valence-electron chi connectivity index (χ4n) is 3.71. The first-order valence-electron chi connectivity index (χ1n) is 11.4. The van der Waals surface area contributed by atoms with Crippen molar-refractivity contribution in [2.45, 2.75) is 18.7 Å². The Morgan fingerprint density at radius 3 is 1.95 bits per heavy atom. The largest absolute Gasteiger partial charge is 0.495 e. The summed E-state index contributed by atoms with van der Waals surface area (Å²) in [6, 6.07) is 14.1. The minimum atomic E-state index is -4.21. The normalized spacial score (nSPS) is 10.9. The molecular weight excluding hydrogens is 512 g/mol. The van der Waals surface area contributed by atoms with E-state index in [2.05, 4.69) is 5.32 Å². The van der Waals surface area contributed by atoms with E-state index in [0.717, 1.165) is 15.4 Å². The van der Waals surface area contributed by atoms with Gasteiger partial charge in [0, 0.05) is 12.1 Å². The van der Waals surface area contributed by atoms with Crippen molar-refractivity contribution >= 4 is 33.3 Å². The third kappa shape index (κ3) is 6.00. The first-order valence-corrected chi connectivity index (χ1v) is 12.9. The van der Waals surface area contributed by atoms with Crippen molar-refractivity contribution in [1.29, 1.82) is 0 Å². The molecule has 1 amide bonds. The van der Waals surface area contributed by atoms with Gasteiger partial charge in [-0.25, -0.2) is 13.2 Å². The Bertz CT molecular complexity index is 1440. The Labute approximate surface area is 222 Å². The number of sulfonamides is 1. The van der Waals surface area contributed by atoms with Crippen LogP contribution in [0.4, 0.5) is 11.4 Å². The van der Waals surface area contributed by atoms with Gasteiger partial charge in [0.25, 0.3) is 10.0 Å². The zero-order valence-corrected chi connectivity index (χ0v) is 22.8. The Balaban J connectivity index is 2.08. The van der Waals surface area contributed by atoms with Gasteiger partial charge in [-0.1, -0.05) is 23.8 Å². The molecule has 1 N–H and O–H groups in total.